The molecule has 7 nitrogen and oxygen atoms in total. The molecule has 0 aromatic carbocycles. The Morgan fingerprint density at radius 1 is 1.16 bits per heavy atom. The molecule has 4 rings (SSSR count). The van der Waals surface area contributed by atoms with Gasteiger partial charge in [0.25, 0.3) is 5.56 Å². The Hall–Kier alpha value is -1.61. The maximum atomic E-state index is 13.6. The fourth-order valence-corrected chi connectivity index (χ4v) is 6.36. The van der Waals surface area contributed by atoms with Gasteiger partial charge in [-0.05, 0) is 64.3 Å². The molecule has 0 radical (unpaired) electrons. The molecule has 0 spiro atoms. The van der Waals surface area contributed by atoms with Gasteiger partial charge in [-0.25, -0.2) is 8.42 Å². The second-order valence-corrected chi connectivity index (χ2v) is 10.3. The van der Waals surface area contributed by atoms with E-state index < -0.39 is 10.0 Å². The Bertz CT molecular complexity index is 1060. The first-order valence-electron chi connectivity index (χ1n) is 11.0. The first-order valence-corrected chi connectivity index (χ1v) is 12.4. The van der Waals surface area contributed by atoms with Crippen molar-refractivity contribution >= 4 is 22.4 Å². The summed E-state index contributed by atoms with van der Waals surface area (Å²) in [5, 5.41) is 0. The highest BCUT2D eigenvalue weighted by Crippen LogP contribution is 2.34. The van der Waals surface area contributed by atoms with Crippen molar-refractivity contribution in [2.45, 2.75) is 63.3 Å². The summed E-state index contributed by atoms with van der Waals surface area (Å²) < 4.78 is 34.4. The van der Waals surface area contributed by atoms with Crippen LogP contribution >= 0.6 is 12.4 Å². The summed E-state index contributed by atoms with van der Waals surface area (Å²) >= 11 is 0. The molecule has 2 aromatic rings. The van der Waals surface area contributed by atoms with Gasteiger partial charge in [-0.15, -0.1) is 12.4 Å². The van der Waals surface area contributed by atoms with Crippen molar-refractivity contribution < 1.29 is 12.8 Å². The van der Waals surface area contributed by atoms with Gasteiger partial charge in [0, 0.05) is 36.0 Å². The fourth-order valence-electron chi connectivity index (χ4n) is 4.72. The molecule has 0 aliphatic carbocycles. The number of nitrogens with zero attached hydrogens (tertiary/aromatic N) is 2. The smallest absolute Gasteiger partial charge is 0.251 e. The summed E-state index contributed by atoms with van der Waals surface area (Å²) in [4.78, 5) is 17.6. The van der Waals surface area contributed by atoms with Crippen LogP contribution in [0.15, 0.2) is 32.5 Å². The summed E-state index contributed by atoms with van der Waals surface area (Å²) in [6.45, 7) is 6.85. The van der Waals surface area contributed by atoms with Crippen LogP contribution < -0.4 is 5.56 Å². The first kappa shape index (κ1) is 24.0. The maximum Gasteiger partial charge on any atom is 0.251 e. The fraction of sp³-hybridized carbons (Fsp3) is 0.591. The van der Waals surface area contributed by atoms with Crippen LogP contribution in [0.3, 0.4) is 0 Å². The molecular formula is C22H32ClN3O4S. The number of piperidine rings is 2. The van der Waals surface area contributed by atoms with E-state index in [0.717, 1.165) is 25.9 Å². The number of H-pyrrole nitrogens is 1. The number of rotatable bonds is 5. The lowest BCUT2D eigenvalue weighted by Crippen LogP contribution is -2.51. The Balaban J connectivity index is 0.00000272. The molecule has 0 amide bonds. The molecule has 4 heterocycles. The van der Waals surface area contributed by atoms with Crippen molar-refractivity contribution in [1.82, 2.24) is 14.2 Å². The van der Waals surface area contributed by atoms with Crippen molar-refractivity contribution in [1.29, 1.82) is 0 Å². The zero-order valence-electron chi connectivity index (χ0n) is 18.2. The zero-order chi connectivity index (χ0) is 21.3. The second kappa shape index (κ2) is 9.90. The lowest BCUT2D eigenvalue weighted by Gasteiger charge is -2.40. The van der Waals surface area contributed by atoms with Crippen LogP contribution in [-0.4, -0.2) is 54.8 Å². The summed E-state index contributed by atoms with van der Waals surface area (Å²) in [5.41, 5.74) is 1.70. The van der Waals surface area contributed by atoms with E-state index in [1.54, 1.807) is 17.3 Å². The van der Waals surface area contributed by atoms with E-state index in [9.17, 15) is 13.2 Å². The van der Waals surface area contributed by atoms with E-state index in [-0.39, 0.29) is 28.9 Å². The molecule has 2 aliphatic rings. The lowest BCUT2D eigenvalue weighted by atomic mass is 10.0. The van der Waals surface area contributed by atoms with E-state index >= 15 is 0 Å². The molecule has 2 aromatic heterocycles. The van der Waals surface area contributed by atoms with E-state index in [1.807, 2.05) is 6.92 Å². The standard InChI is InChI=1S/C22H31N3O4S.ClH/c1-3-17-14-19(16(2)23-22(17)26)21-20(9-13-29-21)30(27,28)25-12-7-8-18(15-25)24-10-5-4-6-11-24;/h9,13-14,18H,3-8,10-12,15H2,1-2H3,(H,23,26);1H. The Morgan fingerprint density at radius 2 is 1.90 bits per heavy atom. The average molecular weight is 470 g/mol. The molecule has 2 saturated heterocycles. The number of nitrogens with one attached hydrogen (secondary N) is 1. The number of aromatic amines is 1. The van der Waals surface area contributed by atoms with E-state index in [2.05, 4.69) is 9.88 Å². The van der Waals surface area contributed by atoms with Crippen molar-refractivity contribution in [3.8, 4) is 11.3 Å². The minimum Gasteiger partial charge on any atom is -0.463 e. The van der Waals surface area contributed by atoms with Crippen molar-refractivity contribution in [2.24, 2.45) is 0 Å². The molecular weight excluding hydrogens is 438 g/mol. The normalized spacial score (nSPS) is 21.0. The monoisotopic (exact) mass is 469 g/mol. The summed E-state index contributed by atoms with van der Waals surface area (Å²) in [5.74, 6) is 0.304. The Kier molecular flexibility index (Phi) is 7.68. The number of furan rings is 1. The lowest BCUT2D eigenvalue weighted by molar-refractivity contribution is 0.114. The largest absolute Gasteiger partial charge is 0.463 e. The second-order valence-electron chi connectivity index (χ2n) is 8.39. The van der Waals surface area contributed by atoms with Crippen LogP contribution in [0.2, 0.25) is 0 Å². The molecule has 1 unspecified atom stereocenters. The van der Waals surface area contributed by atoms with Gasteiger partial charge < -0.3 is 9.40 Å². The molecule has 1 N–H and O–H groups in total. The molecule has 172 valence electrons. The summed E-state index contributed by atoms with van der Waals surface area (Å²) in [6, 6.07) is 3.56. The number of halogens is 1. The maximum absolute atomic E-state index is 13.6. The zero-order valence-corrected chi connectivity index (χ0v) is 19.9. The number of hydrogen-bond acceptors (Lipinski definition) is 5. The van der Waals surface area contributed by atoms with Gasteiger partial charge in [-0.1, -0.05) is 13.3 Å². The molecule has 0 bridgehead atoms. The van der Waals surface area contributed by atoms with Crippen LogP contribution in [0.1, 0.15) is 50.3 Å². The summed E-state index contributed by atoms with van der Waals surface area (Å²) in [7, 11) is -3.69. The SMILES string of the molecule is CCc1cc(-c2occc2S(=O)(=O)N2CCCC(N3CCCCC3)C2)c(C)[nH]c1=O.Cl. The highest BCUT2D eigenvalue weighted by molar-refractivity contribution is 7.89. The predicted molar refractivity (Wildman–Crippen MR) is 123 cm³/mol. The Morgan fingerprint density at radius 3 is 2.61 bits per heavy atom. The third kappa shape index (κ3) is 4.77. The molecule has 0 saturated carbocycles. The molecule has 2 fully saturated rings. The van der Waals surface area contributed by atoms with Gasteiger partial charge in [0.2, 0.25) is 10.0 Å². The van der Waals surface area contributed by atoms with E-state index in [1.165, 1.54) is 31.6 Å². The van der Waals surface area contributed by atoms with E-state index in [4.69, 9.17) is 4.42 Å². The van der Waals surface area contributed by atoms with Crippen LogP contribution in [-0.2, 0) is 16.4 Å². The van der Waals surface area contributed by atoms with Crippen LogP contribution in [0, 0.1) is 6.92 Å². The quantitative estimate of drug-likeness (QED) is 0.723. The highest BCUT2D eigenvalue weighted by atomic mass is 35.5. The number of likely N-dealkylation sites (tertiary alicyclic amines) is 1. The highest BCUT2D eigenvalue weighted by Gasteiger charge is 2.35. The Labute approximate surface area is 190 Å². The van der Waals surface area contributed by atoms with Crippen molar-refractivity contribution in [3.05, 3.63) is 40.0 Å². The van der Waals surface area contributed by atoms with Gasteiger partial charge in [0.05, 0.1) is 6.26 Å². The van der Waals surface area contributed by atoms with Gasteiger partial charge in [-0.2, -0.15) is 4.31 Å². The molecule has 31 heavy (non-hydrogen) atoms. The number of pyridine rings is 1. The van der Waals surface area contributed by atoms with Gasteiger partial charge in [0.15, 0.2) is 5.76 Å². The van der Waals surface area contributed by atoms with Gasteiger partial charge in [0.1, 0.15) is 4.90 Å². The minimum atomic E-state index is -3.69. The van der Waals surface area contributed by atoms with Gasteiger partial charge in [-0.3, -0.25) is 9.69 Å². The first-order chi connectivity index (χ1) is 14.4. The number of hydrogen-bond donors (Lipinski definition) is 1. The number of sulfonamides is 1. The van der Waals surface area contributed by atoms with Crippen LogP contribution in [0.4, 0.5) is 0 Å². The number of aromatic nitrogens is 1. The third-order valence-corrected chi connectivity index (χ3v) is 8.34. The third-order valence-electron chi connectivity index (χ3n) is 6.45. The van der Waals surface area contributed by atoms with Crippen LogP contribution in [0.5, 0.6) is 0 Å². The van der Waals surface area contributed by atoms with Crippen molar-refractivity contribution in [3.63, 3.8) is 0 Å². The van der Waals surface area contributed by atoms with Crippen LogP contribution in [0.25, 0.3) is 11.3 Å². The van der Waals surface area contributed by atoms with Gasteiger partial charge >= 0.3 is 0 Å². The number of aryl methyl sites for hydroxylation is 2. The average Bonchev–Trinajstić information content (AvgIpc) is 3.25. The predicted octanol–water partition coefficient (Wildman–Crippen LogP) is 3.57. The molecule has 2 aliphatic heterocycles. The van der Waals surface area contributed by atoms with Crippen molar-refractivity contribution in [2.75, 3.05) is 26.2 Å². The minimum absolute atomic E-state index is 0. The molecule has 9 heteroatoms. The molecule has 1 atom stereocenters. The topological polar surface area (TPSA) is 86.6 Å². The summed E-state index contributed by atoms with van der Waals surface area (Å²) in [6.07, 6.45) is 7.55. The van der Waals surface area contributed by atoms with E-state index in [0.29, 0.717) is 42.1 Å².